The zero-order chi connectivity index (χ0) is 15.2. The molecule has 6 nitrogen and oxygen atoms in total. The van der Waals surface area contributed by atoms with Crippen LogP contribution in [0.3, 0.4) is 0 Å². The number of halogens is 1. The molecule has 8 heteroatoms. The average molecular weight is 326 g/mol. The van der Waals surface area contributed by atoms with Crippen LogP contribution < -0.4 is 5.32 Å². The number of nitrogens with zero attached hydrogens (tertiary/aromatic N) is 2. The number of hydrogen-bond acceptors (Lipinski definition) is 5. The number of carbonyl (C=O) groups excluding carboxylic acids is 2. The van der Waals surface area contributed by atoms with Crippen LogP contribution in [0.25, 0.3) is 0 Å². The number of carbonyl (C=O) groups is 2. The summed E-state index contributed by atoms with van der Waals surface area (Å²) >= 11 is 7.18. The van der Waals surface area contributed by atoms with Gasteiger partial charge in [0, 0.05) is 10.9 Å². The number of thiophene rings is 1. The van der Waals surface area contributed by atoms with E-state index in [1.54, 1.807) is 32.0 Å². The number of aryl methyl sites for hydroxylation is 1. The summed E-state index contributed by atoms with van der Waals surface area (Å²) in [7, 11) is 0. The Balaban J connectivity index is 1.88. The maximum atomic E-state index is 12.6. The molecule has 1 aliphatic heterocycles. The fourth-order valence-electron chi connectivity index (χ4n) is 2.25. The number of hydrogen-bond donors (Lipinski definition) is 1. The molecule has 1 N–H and O–H groups in total. The van der Waals surface area contributed by atoms with Gasteiger partial charge in [0.2, 0.25) is 0 Å². The fourth-order valence-corrected chi connectivity index (χ4v) is 3.38. The van der Waals surface area contributed by atoms with Crippen molar-refractivity contribution < 1.29 is 14.1 Å². The van der Waals surface area contributed by atoms with E-state index in [9.17, 15) is 9.59 Å². The Morgan fingerprint density at radius 1 is 1.48 bits per heavy atom. The van der Waals surface area contributed by atoms with E-state index in [2.05, 4.69) is 10.5 Å². The van der Waals surface area contributed by atoms with Gasteiger partial charge < -0.3 is 9.84 Å². The normalized spacial score (nSPS) is 22.0. The second kappa shape index (κ2) is 4.85. The van der Waals surface area contributed by atoms with Gasteiger partial charge in [-0.15, -0.1) is 11.3 Å². The van der Waals surface area contributed by atoms with Gasteiger partial charge in [-0.05, 0) is 26.0 Å². The van der Waals surface area contributed by atoms with E-state index in [1.165, 1.54) is 11.3 Å². The monoisotopic (exact) mass is 325 g/mol. The zero-order valence-electron chi connectivity index (χ0n) is 11.3. The van der Waals surface area contributed by atoms with Gasteiger partial charge in [-0.25, -0.2) is 4.79 Å². The standard InChI is InChI=1S/C13H12ClN3O3S/c1-7-5-8(16-20-7)6-17-11(18)13(2,15-12(17)19)9-3-4-10(14)21-9/h3-5H,6H2,1-2H3,(H,15,19). The molecule has 1 atom stereocenters. The van der Waals surface area contributed by atoms with Crippen molar-refractivity contribution in [1.82, 2.24) is 15.4 Å². The molecule has 2 aromatic heterocycles. The van der Waals surface area contributed by atoms with E-state index in [1.807, 2.05) is 0 Å². The minimum absolute atomic E-state index is 0.0801. The largest absolute Gasteiger partial charge is 0.361 e. The molecule has 1 unspecified atom stereocenters. The second-order valence-corrected chi connectivity index (χ2v) is 6.69. The van der Waals surface area contributed by atoms with Crippen molar-refractivity contribution in [3.8, 4) is 0 Å². The van der Waals surface area contributed by atoms with Crippen molar-refractivity contribution in [2.24, 2.45) is 0 Å². The van der Waals surface area contributed by atoms with Gasteiger partial charge in [-0.1, -0.05) is 16.8 Å². The summed E-state index contributed by atoms with van der Waals surface area (Å²) < 4.78 is 5.52. The molecule has 0 aromatic carbocycles. The molecule has 0 spiro atoms. The third kappa shape index (κ3) is 2.32. The lowest BCUT2D eigenvalue weighted by atomic mass is 10.0. The summed E-state index contributed by atoms with van der Waals surface area (Å²) in [6, 6.07) is 4.69. The lowest BCUT2D eigenvalue weighted by Gasteiger charge is -2.19. The lowest BCUT2D eigenvalue weighted by molar-refractivity contribution is -0.131. The van der Waals surface area contributed by atoms with Crippen molar-refractivity contribution in [2.45, 2.75) is 25.9 Å². The topological polar surface area (TPSA) is 75.4 Å². The summed E-state index contributed by atoms with van der Waals surface area (Å²) in [5, 5.41) is 6.52. The molecule has 3 amide bonds. The Morgan fingerprint density at radius 3 is 2.81 bits per heavy atom. The molecule has 0 bridgehead atoms. The summed E-state index contributed by atoms with van der Waals surface area (Å²) in [5.74, 6) is 0.302. The van der Waals surface area contributed by atoms with Crippen LogP contribution in [0.5, 0.6) is 0 Å². The van der Waals surface area contributed by atoms with Crippen LogP contribution in [-0.2, 0) is 16.9 Å². The molecule has 3 rings (SSSR count). The number of nitrogens with one attached hydrogen (secondary N) is 1. The highest BCUT2D eigenvalue weighted by Crippen LogP contribution is 2.35. The van der Waals surface area contributed by atoms with Gasteiger partial charge in [0.25, 0.3) is 5.91 Å². The highest BCUT2D eigenvalue weighted by atomic mass is 35.5. The molecular formula is C13H12ClN3O3S. The van der Waals surface area contributed by atoms with Gasteiger partial charge in [0.05, 0.1) is 10.9 Å². The second-order valence-electron chi connectivity index (χ2n) is 4.98. The van der Waals surface area contributed by atoms with Gasteiger partial charge in [-0.3, -0.25) is 9.69 Å². The molecular weight excluding hydrogens is 314 g/mol. The number of imide groups is 1. The van der Waals surface area contributed by atoms with Crippen molar-refractivity contribution in [3.05, 3.63) is 38.9 Å². The van der Waals surface area contributed by atoms with E-state index in [-0.39, 0.29) is 12.5 Å². The number of amides is 3. The number of aromatic nitrogens is 1. The molecule has 21 heavy (non-hydrogen) atoms. The van der Waals surface area contributed by atoms with Gasteiger partial charge in [0.15, 0.2) is 5.54 Å². The maximum absolute atomic E-state index is 12.6. The summed E-state index contributed by atoms with van der Waals surface area (Å²) in [6.45, 7) is 3.50. The van der Waals surface area contributed by atoms with Gasteiger partial charge in [-0.2, -0.15) is 0 Å². The van der Waals surface area contributed by atoms with E-state index >= 15 is 0 Å². The Bertz CT molecular complexity index is 726. The lowest BCUT2D eigenvalue weighted by Crippen LogP contribution is -2.40. The SMILES string of the molecule is Cc1cc(CN2C(=O)NC(C)(c3ccc(Cl)s3)C2=O)no1. The van der Waals surface area contributed by atoms with Gasteiger partial charge >= 0.3 is 6.03 Å². The van der Waals surface area contributed by atoms with Gasteiger partial charge in [0.1, 0.15) is 11.5 Å². The Morgan fingerprint density at radius 2 is 2.24 bits per heavy atom. The summed E-state index contributed by atoms with van der Waals surface area (Å²) in [5.41, 5.74) is -0.558. The van der Waals surface area contributed by atoms with Crippen LogP contribution in [0.4, 0.5) is 4.79 Å². The van der Waals surface area contributed by atoms with Crippen LogP contribution in [0.1, 0.15) is 23.3 Å². The molecule has 1 aliphatic rings. The summed E-state index contributed by atoms with van der Waals surface area (Å²) in [4.78, 5) is 26.5. The Hall–Kier alpha value is -1.86. The Kier molecular flexibility index (Phi) is 3.26. The van der Waals surface area contributed by atoms with Crippen LogP contribution in [0.2, 0.25) is 4.34 Å². The van der Waals surface area contributed by atoms with Crippen LogP contribution in [0.15, 0.2) is 22.7 Å². The molecule has 1 saturated heterocycles. The molecule has 2 aromatic rings. The highest BCUT2D eigenvalue weighted by molar-refractivity contribution is 7.16. The first-order valence-corrected chi connectivity index (χ1v) is 7.42. The van der Waals surface area contributed by atoms with Crippen LogP contribution >= 0.6 is 22.9 Å². The first kappa shape index (κ1) is 14.1. The minimum atomic E-state index is -1.09. The van der Waals surface area contributed by atoms with E-state index in [0.717, 1.165) is 4.90 Å². The first-order valence-electron chi connectivity index (χ1n) is 6.22. The van der Waals surface area contributed by atoms with E-state index in [0.29, 0.717) is 20.7 Å². The van der Waals surface area contributed by atoms with Crippen molar-refractivity contribution in [2.75, 3.05) is 0 Å². The van der Waals surface area contributed by atoms with E-state index in [4.69, 9.17) is 16.1 Å². The zero-order valence-corrected chi connectivity index (χ0v) is 12.9. The number of urea groups is 1. The third-order valence-electron chi connectivity index (χ3n) is 3.34. The van der Waals surface area contributed by atoms with Crippen LogP contribution in [0, 0.1) is 6.92 Å². The molecule has 0 radical (unpaired) electrons. The Labute approximate surface area is 129 Å². The molecule has 3 heterocycles. The molecule has 0 aliphatic carbocycles. The predicted octanol–water partition coefficient (Wildman–Crippen LogP) is 2.67. The molecule has 0 saturated carbocycles. The fraction of sp³-hybridized carbons (Fsp3) is 0.308. The summed E-state index contributed by atoms with van der Waals surface area (Å²) in [6.07, 6.45) is 0. The van der Waals surface area contributed by atoms with Crippen LogP contribution in [-0.4, -0.2) is 22.0 Å². The van der Waals surface area contributed by atoms with E-state index < -0.39 is 11.6 Å². The van der Waals surface area contributed by atoms with Crippen molar-refractivity contribution in [1.29, 1.82) is 0 Å². The highest BCUT2D eigenvalue weighted by Gasteiger charge is 2.50. The first-order chi connectivity index (χ1) is 9.90. The minimum Gasteiger partial charge on any atom is -0.361 e. The average Bonchev–Trinajstić information content (AvgIpc) is 3.08. The number of rotatable bonds is 3. The quantitative estimate of drug-likeness (QED) is 0.880. The maximum Gasteiger partial charge on any atom is 0.325 e. The van der Waals surface area contributed by atoms with Crippen molar-refractivity contribution >= 4 is 34.9 Å². The molecule has 110 valence electrons. The molecule has 1 fully saturated rings. The third-order valence-corrected chi connectivity index (χ3v) is 4.79. The van der Waals surface area contributed by atoms with Crippen molar-refractivity contribution in [3.63, 3.8) is 0 Å². The predicted molar refractivity (Wildman–Crippen MR) is 77.0 cm³/mol. The smallest absolute Gasteiger partial charge is 0.325 e.